The molecule has 126 valence electrons. The molecule has 1 N–H and O–H groups in total. The number of hydrogen-bond donors (Lipinski definition) is 1. The summed E-state index contributed by atoms with van der Waals surface area (Å²) in [4.78, 5) is 0. The zero-order valence-corrected chi connectivity index (χ0v) is 12.0. The van der Waals surface area contributed by atoms with Crippen LogP contribution < -0.4 is 5.32 Å². The third-order valence-corrected chi connectivity index (χ3v) is 3.62. The molecule has 0 radical (unpaired) electrons. The normalized spacial score (nSPS) is 28.1. The molecule has 21 heavy (non-hydrogen) atoms. The van der Waals surface area contributed by atoms with Crippen molar-refractivity contribution in [3.63, 3.8) is 0 Å². The molecule has 1 saturated carbocycles. The van der Waals surface area contributed by atoms with Crippen LogP contribution in [-0.4, -0.2) is 37.1 Å². The molecular weight excluding hydrogens is 300 g/mol. The van der Waals surface area contributed by atoms with Gasteiger partial charge in [0.25, 0.3) is 0 Å². The van der Waals surface area contributed by atoms with Gasteiger partial charge in [0.15, 0.2) is 0 Å². The summed E-state index contributed by atoms with van der Waals surface area (Å²) in [7, 11) is 0. The Morgan fingerprint density at radius 2 is 1.67 bits per heavy atom. The Labute approximate surface area is 120 Å². The summed E-state index contributed by atoms with van der Waals surface area (Å²) in [6.45, 7) is 4.23. The zero-order valence-electron chi connectivity index (χ0n) is 12.0. The lowest BCUT2D eigenvalue weighted by atomic mass is 9.84. The first-order valence-corrected chi connectivity index (χ1v) is 7.08. The highest BCUT2D eigenvalue weighted by Gasteiger charge is 2.59. The van der Waals surface area contributed by atoms with Crippen molar-refractivity contribution in [2.45, 2.75) is 70.1 Å². The molecule has 0 heterocycles. The molecule has 3 atom stereocenters. The summed E-state index contributed by atoms with van der Waals surface area (Å²) in [6, 6.07) is -0.464. The van der Waals surface area contributed by atoms with Gasteiger partial charge < -0.3 is 10.1 Å². The summed E-state index contributed by atoms with van der Waals surface area (Å²) < 4.78 is 80.0. The smallest absolute Gasteiger partial charge is 0.356 e. The second-order valence-corrected chi connectivity index (χ2v) is 5.62. The Morgan fingerprint density at radius 1 is 1.10 bits per heavy atom. The molecule has 0 bridgehead atoms. The second kappa shape index (κ2) is 7.17. The van der Waals surface area contributed by atoms with E-state index in [1.807, 2.05) is 13.8 Å². The minimum atomic E-state index is -5.45. The van der Waals surface area contributed by atoms with Gasteiger partial charge in [-0.2, -0.15) is 26.3 Å². The summed E-state index contributed by atoms with van der Waals surface area (Å²) in [5.74, 6) is 0.0526. The van der Waals surface area contributed by atoms with Gasteiger partial charge in [0.2, 0.25) is 6.10 Å². The number of nitrogens with one attached hydrogen (secondary N) is 1. The van der Waals surface area contributed by atoms with E-state index in [1.54, 1.807) is 0 Å². The third kappa shape index (κ3) is 5.65. The van der Waals surface area contributed by atoms with E-state index in [0.717, 1.165) is 12.8 Å². The van der Waals surface area contributed by atoms with Crippen molar-refractivity contribution in [3.8, 4) is 0 Å². The van der Waals surface area contributed by atoms with E-state index < -0.39 is 30.6 Å². The van der Waals surface area contributed by atoms with Gasteiger partial charge in [-0.15, -0.1) is 0 Å². The topological polar surface area (TPSA) is 21.3 Å². The fourth-order valence-corrected chi connectivity index (χ4v) is 2.56. The average Bonchev–Trinajstić information content (AvgIpc) is 2.32. The molecule has 2 nitrogen and oxygen atoms in total. The number of ether oxygens (including phenoxy) is 1. The van der Waals surface area contributed by atoms with Crippen molar-refractivity contribution in [1.29, 1.82) is 0 Å². The maximum absolute atomic E-state index is 12.6. The molecular formula is C13H21F6NO. The maximum Gasteiger partial charge on any atom is 0.423 e. The largest absolute Gasteiger partial charge is 0.423 e. The summed E-state index contributed by atoms with van der Waals surface area (Å²) in [6.07, 6.45) is -13.5. The molecule has 1 aliphatic carbocycles. The summed E-state index contributed by atoms with van der Waals surface area (Å²) in [5.41, 5.74) is 0. The Balaban J connectivity index is 2.81. The first-order chi connectivity index (χ1) is 9.55. The van der Waals surface area contributed by atoms with E-state index in [-0.39, 0.29) is 12.3 Å². The van der Waals surface area contributed by atoms with Crippen LogP contribution in [0.2, 0.25) is 0 Å². The molecule has 0 saturated heterocycles. The van der Waals surface area contributed by atoms with Crippen molar-refractivity contribution in [3.05, 3.63) is 0 Å². The third-order valence-electron chi connectivity index (χ3n) is 3.62. The van der Waals surface area contributed by atoms with Crippen LogP contribution in [0, 0.1) is 5.92 Å². The van der Waals surface area contributed by atoms with E-state index in [9.17, 15) is 26.3 Å². The van der Waals surface area contributed by atoms with Gasteiger partial charge >= 0.3 is 12.4 Å². The summed E-state index contributed by atoms with van der Waals surface area (Å²) in [5, 5.41) is 2.99. The Bertz CT molecular complexity index is 301. The lowest BCUT2D eigenvalue weighted by molar-refractivity contribution is -0.334. The Kier molecular flexibility index (Phi) is 6.34. The van der Waals surface area contributed by atoms with Crippen LogP contribution in [0.5, 0.6) is 0 Å². The maximum atomic E-state index is 12.6. The minimum Gasteiger partial charge on any atom is -0.356 e. The van der Waals surface area contributed by atoms with Gasteiger partial charge in [0.05, 0.1) is 6.10 Å². The van der Waals surface area contributed by atoms with Crippen LogP contribution in [-0.2, 0) is 4.74 Å². The Hall–Kier alpha value is -0.500. The van der Waals surface area contributed by atoms with E-state index in [0.29, 0.717) is 13.0 Å². The van der Waals surface area contributed by atoms with E-state index in [4.69, 9.17) is 0 Å². The van der Waals surface area contributed by atoms with Crippen molar-refractivity contribution >= 4 is 0 Å². The molecule has 0 spiro atoms. The quantitative estimate of drug-likeness (QED) is 0.771. The fraction of sp³-hybridized carbons (Fsp3) is 1.00. The van der Waals surface area contributed by atoms with Crippen molar-refractivity contribution in [1.82, 2.24) is 5.32 Å². The molecule has 1 fully saturated rings. The van der Waals surface area contributed by atoms with Gasteiger partial charge in [-0.1, -0.05) is 13.8 Å². The molecule has 1 rings (SSSR count). The fourth-order valence-electron chi connectivity index (χ4n) is 2.56. The van der Waals surface area contributed by atoms with Crippen molar-refractivity contribution in [2.75, 3.05) is 6.54 Å². The number of halogens is 6. The minimum absolute atomic E-state index is 0.0526. The highest BCUT2D eigenvalue weighted by molar-refractivity contribution is 4.88. The average molecular weight is 321 g/mol. The number of rotatable bonds is 5. The lowest BCUT2D eigenvalue weighted by Gasteiger charge is -2.38. The monoisotopic (exact) mass is 321 g/mol. The van der Waals surface area contributed by atoms with E-state index >= 15 is 0 Å². The van der Waals surface area contributed by atoms with Gasteiger partial charge in [0.1, 0.15) is 0 Å². The molecule has 1 aliphatic rings. The van der Waals surface area contributed by atoms with Crippen LogP contribution in [0.15, 0.2) is 0 Å². The SMILES string of the molecule is CCCNC1CCC(C)CC1OC(C(F)(F)F)C(F)(F)F. The highest BCUT2D eigenvalue weighted by atomic mass is 19.4. The van der Waals surface area contributed by atoms with Gasteiger partial charge in [-0.25, -0.2) is 0 Å². The van der Waals surface area contributed by atoms with Gasteiger partial charge in [0, 0.05) is 6.04 Å². The summed E-state index contributed by atoms with van der Waals surface area (Å²) >= 11 is 0. The highest BCUT2D eigenvalue weighted by Crippen LogP contribution is 2.38. The second-order valence-electron chi connectivity index (χ2n) is 5.62. The predicted molar refractivity (Wildman–Crippen MR) is 65.9 cm³/mol. The van der Waals surface area contributed by atoms with Crippen molar-refractivity contribution in [2.24, 2.45) is 5.92 Å². The molecule has 0 aromatic rings. The zero-order chi connectivity index (χ0) is 16.3. The molecule has 0 aliphatic heterocycles. The van der Waals surface area contributed by atoms with Gasteiger partial charge in [-0.05, 0) is 38.1 Å². The molecule has 3 unspecified atom stereocenters. The van der Waals surface area contributed by atoms with Crippen LogP contribution in [0.4, 0.5) is 26.3 Å². The van der Waals surface area contributed by atoms with Crippen LogP contribution in [0.25, 0.3) is 0 Å². The standard InChI is InChI=1S/C13H21F6NO/c1-3-6-20-9-5-4-8(2)7-10(9)21-11(12(14,15)16)13(17,18)19/h8-11,20H,3-7H2,1-2H3. The number of alkyl halides is 6. The molecule has 0 aromatic carbocycles. The first kappa shape index (κ1) is 18.5. The van der Waals surface area contributed by atoms with Crippen molar-refractivity contribution < 1.29 is 31.1 Å². The molecule has 8 heteroatoms. The number of hydrogen-bond acceptors (Lipinski definition) is 2. The van der Waals surface area contributed by atoms with E-state index in [1.165, 1.54) is 0 Å². The predicted octanol–water partition coefficient (Wildman–Crippen LogP) is 4.05. The van der Waals surface area contributed by atoms with E-state index in [2.05, 4.69) is 10.1 Å². The first-order valence-electron chi connectivity index (χ1n) is 7.08. The van der Waals surface area contributed by atoms with Crippen LogP contribution in [0.3, 0.4) is 0 Å². The van der Waals surface area contributed by atoms with Gasteiger partial charge in [-0.3, -0.25) is 0 Å². The lowest BCUT2D eigenvalue weighted by Crippen LogP contribution is -2.53. The molecule has 0 amide bonds. The Morgan fingerprint density at radius 3 is 2.14 bits per heavy atom. The van der Waals surface area contributed by atoms with Crippen LogP contribution >= 0.6 is 0 Å². The van der Waals surface area contributed by atoms with Crippen LogP contribution in [0.1, 0.15) is 39.5 Å². The molecule has 0 aromatic heterocycles.